The number of ether oxygens (including phenoxy) is 1. The van der Waals surface area contributed by atoms with E-state index in [1.807, 2.05) is 27.7 Å². The fourth-order valence-corrected chi connectivity index (χ4v) is 3.72. The Balaban J connectivity index is 0.000000467. The number of phenolic OH excluding ortho intramolecular Hbond substituents is 1. The summed E-state index contributed by atoms with van der Waals surface area (Å²) in [5, 5.41) is 30.1. The summed E-state index contributed by atoms with van der Waals surface area (Å²) in [7, 11) is 0. The summed E-state index contributed by atoms with van der Waals surface area (Å²) in [4.78, 5) is 10.8. The van der Waals surface area contributed by atoms with Gasteiger partial charge in [0.25, 0.3) is 0 Å². The van der Waals surface area contributed by atoms with Gasteiger partial charge >= 0.3 is 0 Å². The van der Waals surface area contributed by atoms with E-state index in [-0.39, 0.29) is 23.9 Å². The summed E-state index contributed by atoms with van der Waals surface area (Å²) in [6.07, 6.45) is 5.83. The van der Waals surface area contributed by atoms with Gasteiger partial charge in [-0.05, 0) is 63.5 Å². The van der Waals surface area contributed by atoms with Crippen LogP contribution in [0.3, 0.4) is 0 Å². The largest absolute Gasteiger partial charge is 0.507 e. The van der Waals surface area contributed by atoms with Crippen LogP contribution in [0.4, 0.5) is 0 Å². The fourth-order valence-electron chi connectivity index (χ4n) is 3.72. The molecule has 1 fully saturated rings. The third-order valence-corrected chi connectivity index (χ3v) is 6.22. The molecule has 1 aromatic rings. The molecule has 1 aliphatic rings. The van der Waals surface area contributed by atoms with Crippen molar-refractivity contribution in [3.05, 3.63) is 22.3 Å². The van der Waals surface area contributed by atoms with Gasteiger partial charge in [-0.3, -0.25) is 4.79 Å². The quantitative estimate of drug-likeness (QED) is 0.525. The van der Waals surface area contributed by atoms with Crippen molar-refractivity contribution in [2.24, 2.45) is 11.8 Å². The number of hydrogen-bond acceptors (Lipinski definition) is 5. The highest BCUT2D eigenvalue weighted by atomic mass is 16.5. The van der Waals surface area contributed by atoms with Crippen molar-refractivity contribution >= 4 is 5.78 Å². The summed E-state index contributed by atoms with van der Waals surface area (Å²) >= 11 is 0. The van der Waals surface area contributed by atoms with Crippen LogP contribution in [0.15, 0.2) is 0 Å². The number of aliphatic hydroxyl groups is 1. The first-order chi connectivity index (χ1) is 13.9. The molecular weight excluding hydrogens is 380 g/mol. The van der Waals surface area contributed by atoms with E-state index >= 15 is 0 Å². The molecule has 1 aromatic carbocycles. The van der Waals surface area contributed by atoms with Gasteiger partial charge in [-0.25, -0.2) is 0 Å². The van der Waals surface area contributed by atoms with Crippen LogP contribution in [0.1, 0.15) is 89.0 Å². The molecule has 0 bridgehead atoms. The van der Waals surface area contributed by atoms with Gasteiger partial charge in [0.1, 0.15) is 17.1 Å². The van der Waals surface area contributed by atoms with Crippen LogP contribution < -0.4 is 0 Å². The lowest BCUT2D eigenvalue weighted by Gasteiger charge is -2.18. The molecule has 30 heavy (non-hydrogen) atoms. The zero-order chi connectivity index (χ0) is 23.1. The lowest BCUT2D eigenvalue weighted by atomic mass is 9.90. The summed E-state index contributed by atoms with van der Waals surface area (Å²) < 4.78 is 5.10. The minimum Gasteiger partial charge on any atom is -0.507 e. The fraction of sp³-hybridized carbons (Fsp3) is 0.720. The molecule has 3 N–H and O–H groups in total. The van der Waals surface area contributed by atoms with E-state index in [1.54, 1.807) is 0 Å². The Hall–Kier alpha value is -1.59. The van der Waals surface area contributed by atoms with Crippen molar-refractivity contribution in [3.63, 3.8) is 0 Å². The SMILES string of the molecule is CC1(C)OCCC1=O.Cc1c(C)c(CO)c(O)c(CCC(C)CCCC(C)C)c1O. The summed E-state index contributed by atoms with van der Waals surface area (Å²) in [6, 6.07) is 0. The van der Waals surface area contributed by atoms with Gasteiger partial charge in [-0.15, -0.1) is 0 Å². The van der Waals surface area contributed by atoms with Crippen molar-refractivity contribution in [2.45, 2.75) is 99.2 Å². The van der Waals surface area contributed by atoms with Crippen molar-refractivity contribution in [3.8, 4) is 11.5 Å². The van der Waals surface area contributed by atoms with E-state index in [4.69, 9.17) is 4.74 Å². The molecule has 0 spiro atoms. The van der Waals surface area contributed by atoms with E-state index in [0.717, 1.165) is 23.5 Å². The molecule has 1 atom stereocenters. The second kappa shape index (κ2) is 11.7. The number of aliphatic hydroxyl groups excluding tert-OH is 1. The Labute approximate surface area is 182 Å². The molecule has 5 nitrogen and oxygen atoms in total. The highest BCUT2D eigenvalue weighted by Crippen LogP contribution is 2.38. The second-order valence-electron chi connectivity index (χ2n) is 9.56. The standard InChI is InChI=1S/C19H32O3.C6H10O2/c1-12(2)7-6-8-13(3)9-10-16-18(21)15(5)14(4)17(11-20)19(16)22;1-6(2)5(7)3-4-8-6/h12-13,20-22H,6-11H2,1-5H3;3-4H2,1-2H3. The van der Waals surface area contributed by atoms with Gasteiger partial charge < -0.3 is 20.1 Å². The predicted molar refractivity (Wildman–Crippen MR) is 121 cm³/mol. The van der Waals surface area contributed by atoms with Gasteiger partial charge in [0.15, 0.2) is 5.78 Å². The summed E-state index contributed by atoms with van der Waals surface area (Å²) in [6.45, 7) is 14.4. The highest BCUT2D eigenvalue weighted by Gasteiger charge is 2.33. The topological polar surface area (TPSA) is 87.0 Å². The number of carbonyl (C=O) groups excluding carboxylic acids is 1. The predicted octanol–water partition coefficient (Wildman–Crippen LogP) is 5.36. The summed E-state index contributed by atoms with van der Waals surface area (Å²) in [5.74, 6) is 1.78. The molecular formula is C25H42O5. The number of phenols is 2. The first-order valence-electron chi connectivity index (χ1n) is 11.2. The van der Waals surface area contributed by atoms with Gasteiger partial charge in [-0.2, -0.15) is 0 Å². The van der Waals surface area contributed by atoms with Crippen molar-refractivity contribution in [1.82, 2.24) is 0 Å². The minimum atomic E-state index is -0.486. The third-order valence-electron chi connectivity index (χ3n) is 6.22. The molecule has 2 rings (SSSR count). The molecule has 1 saturated heterocycles. The van der Waals surface area contributed by atoms with Crippen LogP contribution in [-0.4, -0.2) is 33.3 Å². The molecule has 0 aromatic heterocycles. The molecule has 0 aliphatic carbocycles. The third kappa shape index (κ3) is 7.28. The monoisotopic (exact) mass is 422 g/mol. The lowest BCUT2D eigenvalue weighted by Crippen LogP contribution is -2.26. The van der Waals surface area contributed by atoms with Crippen molar-refractivity contribution in [2.75, 3.05) is 6.61 Å². The minimum absolute atomic E-state index is 0.0671. The number of aromatic hydroxyl groups is 2. The highest BCUT2D eigenvalue weighted by molar-refractivity contribution is 5.88. The Kier molecular flexibility index (Phi) is 10.3. The molecule has 1 heterocycles. The zero-order valence-corrected chi connectivity index (χ0v) is 20.0. The normalized spacial score (nSPS) is 16.5. The van der Waals surface area contributed by atoms with E-state index in [9.17, 15) is 20.1 Å². The molecule has 1 unspecified atom stereocenters. The van der Waals surface area contributed by atoms with Crippen LogP contribution >= 0.6 is 0 Å². The average Bonchev–Trinajstić information content (AvgIpc) is 2.97. The smallest absolute Gasteiger partial charge is 0.166 e. The maximum atomic E-state index is 10.8. The number of ketones is 1. The van der Waals surface area contributed by atoms with Gasteiger partial charge in [0, 0.05) is 17.5 Å². The molecule has 1 aliphatic heterocycles. The average molecular weight is 423 g/mol. The Bertz CT molecular complexity index is 706. The van der Waals surface area contributed by atoms with E-state index in [2.05, 4.69) is 20.8 Å². The number of hydrogen-bond donors (Lipinski definition) is 3. The van der Waals surface area contributed by atoms with Crippen LogP contribution in [-0.2, 0) is 22.6 Å². The van der Waals surface area contributed by atoms with E-state index in [0.29, 0.717) is 36.5 Å². The molecule has 0 amide bonds. The van der Waals surface area contributed by atoms with Crippen molar-refractivity contribution < 1.29 is 24.9 Å². The summed E-state index contributed by atoms with van der Waals surface area (Å²) in [5.41, 5.74) is 2.16. The maximum absolute atomic E-state index is 10.8. The van der Waals surface area contributed by atoms with Crippen LogP contribution in [0.25, 0.3) is 0 Å². The number of carbonyl (C=O) groups is 1. The Morgan fingerprint density at radius 1 is 0.967 bits per heavy atom. The molecule has 0 radical (unpaired) electrons. The van der Waals surface area contributed by atoms with Crippen molar-refractivity contribution in [1.29, 1.82) is 0 Å². The van der Waals surface area contributed by atoms with Gasteiger partial charge in [-0.1, -0.05) is 40.0 Å². The zero-order valence-electron chi connectivity index (χ0n) is 20.0. The molecule has 5 heteroatoms. The molecule has 0 saturated carbocycles. The Morgan fingerprint density at radius 3 is 2.03 bits per heavy atom. The second-order valence-corrected chi connectivity index (χ2v) is 9.56. The van der Waals surface area contributed by atoms with E-state index < -0.39 is 5.60 Å². The number of Topliss-reactive ketones (excluding diaryl/α,β-unsaturated/α-hetero) is 1. The number of rotatable bonds is 8. The van der Waals surface area contributed by atoms with E-state index in [1.165, 1.54) is 19.3 Å². The van der Waals surface area contributed by atoms with Crippen LogP contribution in [0.5, 0.6) is 11.5 Å². The first kappa shape index (κ1) is 26.4. The van der Waals surface area contributed by atoms with Gasteiger partial charge in [0.05, 0.1) is 13.2 Å². The number of benzene rings is 1. The van der Waals surface area contributed by atoms with Crippen LogP contribution in [0, 0.1) is 25.7 Å². The Morgan fingerprint density at radius 2 is 1.60 bits per heavy atom. The molecule has 172 valence electrons. The van der Waals surface area contributed by atoms with Crippen LogP contribution in [0.2, 0.25) is 0 Å². The first-order valence-corrected chi connectivity index (χ1v) is 11.2. The maximum Gasteiger partial charge on any atom is 0.166 e. The van der Waals surface area contributed by atoms with Gasteiger partial charge in [0.2, 0.25) is 0 Å². The lowest BCUT2D eigenvalue weighted by molar-refractivity contribution is -0.128.